The highest BCUT2D eigenvalue weighted by atomic mass is 35.5. The number of rotatable bonds is 5. The molecule has 2 N–H and O–H groups in total. The summed E-state index contributed by atoms with van der Waals surface area (Å²) in [5, 5.41) is 6.12. The summed E-state index contributed by atoms with van der Waals surface area (Å²) in [7, 11) is 0. The summed E-state index contributed by atoms with van der Waals surface area (Å²) in [5.74, 6) is -0.607. The maximum atomic E-state index is 12.4. The summed E-state index contributed by atoms with van der Waals surface area (Å²) >= 11 is 6.08. The fourth-order valence-electron chi connectivity index (χ4n) is 2.77. The van der Waals surface area contributed by atoms with Crippen molar-refractivity contribution in [3.8, 4) is 0 Å². The van der Waals surface area contributed by atoms with Crippen molar-refractivity contribution in [2.24, 2.45) is 0 Å². The third kappa shape index (κ3) is 5.12. The minimum absolute atomic E-state index is 0.0865. The Kier molecular flexibility index (Phi) is 6.14. The summed E-state index contributed by atoms with van der Waals surface area (Å²) in [6.45, 7) is 3.59. The van der Waals surface area contributed by atoms with Gasteiger partial charge in [0.1, 0.15) is 6.54 Å². The Morgan fingerprint density at radius 1 is 0.966 bits per heavy atom. The standard InChI is InChI=1S/C22H20ClN3O3/c1-14-6-11-21(28)26(12-14)13-20(27)24-17-9-7-16(8-10-17)22(29)25-19-5-3-4-18(23)15(19)2/h3-12H,13H2,1-2H3,(H,24,27)(H,25,29). The van der Waals surface area contributed by atoms with Gasteiger partial charge in [-0.25, -0.2) is 0 Å². The molecule has 0 aliphatic heterocycles. The second-order valence-corrected chi connectivity index (χ2v) is 7.07. The number of nitrogens with zero attached hydrogens (tertiary/aromatic N) is 1. The smallest absolute Gasteiger partial charge is 0.255 e. The number of hydrogen-bond donors (Lipinski definition) is 2. The van der Waals surface area contributed by atoms with Gasteiger partial charge in [-0.1, -0.05) is 23.7 Å². The predicted octanol–water partition coefficient (Wildman–Crippen LogP) is 4.01. The number of amides is 2. The zero-order chi connectivity index (χ0) is 21.0. The highest BCUT2D eigenvalue weighted by molar-refractivity contribution is 6.31. The second-order valence-electron chi connectivity index (χ2n) is 6.66. The van der Waals surface area contributed by atoms with Gasteiger partial charge in [-0.15, -0.1) is 0 Å². The Labute approximate surface area is 173 Å². The van der Waals surface area contributed by atoms with Crippen LogP contribution in [0.4, 0.5) is 11.4 Å². The van der Waals surface area contributed by atoms with Crippen molar-refractivity contribution in [2.45, 2.75) is 20.4 Å². The van der Waals surface area contributed by atoms with Crippen LogP contribution >= 0.6 is 11.6 Å². The van der Waals surface area contributed by atoms with E-state index in [9.17, 15) is 14.4 Å². The summed E-state index contributed by atoms with van der Waals surface area (Å²) in [5.41, 5.74) is 3.06. The van der Waals surface area contributed by atoms with Gasteiger partial charge < -0.3 is 15.2 Å². The highest BCUT2D eigenvalue weighted by Gasteiger charge is 2.10. The fraction of sp³-hybridized carbons (Fsp3) is 0.136. The lowest BCUT2D eigenvalue weighted by Gasteiger charge is -2.11. The minimum Gasteiger partial charge on any atom is -0.325 e. The molecule has 2 amide bonds. The minimum atomic E-state index is -0.329. The van der Waals surface area contributed by atoms with Gasteiger partial charge >= 0.3 is 0 Å². The van der Waals surface area contributed by atoms with Crippen LogP contribution in [0.25, 0.3) is 0 Å². The Hall–Kier alpha value is -3.38. The second kappa shape index (κ2) is 8.75. The molecular formula is C22H20ClN3O3. The molecule has 2 aromatic carbocycles. The Bertz CT molecular complexity index is 1120. The number of hydrogen-bond acceptors (Lipinski definition) is 3. The average Bonchev–Trinajstić information content (AvgIpc) is 2.69. The molecule has 6 nitrogen and oxygen atoms in total. The zero-order valence-corrected chi connectivity index (χ0v) is 16.8. The number of aryl methyl sites for hydroxylation is 1. The number of benzene rings is 2. The van der Waals surface area contributed by atoms with Crippen LogP contribution in [0.1, 0.15) is 21.5 Å². The molecule has 0 aliphatic carbocycles. The Morgan fingerprint density at radius 3 is 2.41 bits per heavy atom. The van der Waals surface area contributed by atoms with Gasteiger partial charge in [-0.05, 0) is 61.4 Å². The highest BCUT2D eigenvalue weighted by Crippen LogP contribution is 2.23. The van der Waals surface area contributed by atoms with Gasteiger partial charge in [0.05, 0.1) is 0 Å². The lowest BCUT2D eigenvalue weighted by Crippen LogP contribution is -2.26. The van der Waals surface area contributed by atoms with Gasteiger partial charge in [0.15, 0.2) is 0 Å². The van der Waals surface area contributed by atoms with E-state index in [4.69, 9.17) is 11.6 Å². The fourth-order valence-corrected chi connectivity index (χ4v) is 2.95. The van der Waals surface area contributed by atoms with Crippen LogP contribution < -0.4 is 16.2 Å². The largest absolute Gasteiger partial charge is 0.325 e. The van der Waals surface area contributed by atoms with Gasteiger partial charge in [-0.2, -0.15) is 0 Å². The van der Waals surface area contributed by atoms with Gasteiger partial charge in [0.25, 0.3) is 11.5 Å². The van der Waals surface area contributed by atoms with Gasteiger partial charge in [0.2, 0.25) is 5.91 Å². The molecule has 0 fully saturated rings. The average molecular weight is 410 g/mol. The number of aromatic nitrogens is 1. The van der Waals surface area contributed by atoms with Crippen molar-refractivity contribution in [1.29, 1.82) is 0 Å². The summed E-state index contributed by atoms with van der Waals surface area (Å²) in [4.78, 5) is 36.5. The zero-order valence-electron chi connectivity index (χ0n) is 16.0. The van der Waals surface area contributed by atoms with E-state index in [0.29, 0.717) is 22.0 Å². The lowest BCUT2D eigenvalue weighted by atomic mass is 10.1. The summed E-state index contributed by atoms with van der Waals surface area (Å²) in [6.07, 6.45) is 1.63. The van der Waals surface area contributed by atoms with Crippen molar-refractivity contribution in [3.63, 3.8) is 0 Å². The van der Waals surface area contributed by atoms with E-state index >= 15 is 0 Å². The van der Waals surface area contributed by atoms with E-state index < -0.39 is 0 Å². The number of carbonyl (C=O) groups excluding carboxylic acids is 2. The van der Waals surface area contributed by atoms with Gasteiger partial charge in [0, 0.05) is 34.2 Å². The van der Waals surface area contributed by atoms with E-state index in [1.54, 1.807) is 54.7 Å². The van der Waals surface area contributed by atoms with E-state index in [1.807, 2.05) is 13.8 Å². The third-order valence-electron chi connectivity index (χ3n) is 4.39. The molecule has 0 unspecified atom stereocenters. The van der Waals surface area contributed by atoms with E-state index in [2.05, 4.69) is 10.6 Å². The molecule has 148 valence electrons. The number of carbonyl (C=O) groups is 2. The first-order valence-electron chi connectivity index (χ1n) is 8.97. The molecule has 0 radical (unpaired) electrons. The van der Waals surface area contributed by atoms with Crippen LogP contribution in [0.5, 0.6) is 0 Å². The SMILES string of the molecule is Cc1ccc(=O)n(CC(=O)Nc2ccc(C(=O)Nc3cccc(Cl)c3C)cc2)c1. The first-order chi connectivity index (χ1) is 13.8. The molecule has 3 rings (SSSR count). The van der Waals surface area contributed by atoms with E-state index in [0.717, 1.165) is 11.1 Å². The topological polar surface area (TPSA) is 80.2 Å². The summed E-state index contributed by atoms with van der Waals surface area (Å²) < 4.78 is 1.35. The molecule has 0 saturated heterocycles. The molecule has 1 aromatic heterocycles. The first-order valence-corrected chi connectivity index (χ1v) is 9.35. The molecule has 1 heterocycles. The van der Waals surface area contributed by atoms with E-state index in [-0.39, 0.29) is 23.9 Å². The lowest BCUT2D eigenvalue weighted by molar-refractivity contribution is -0.116. The Morgan fingerprint density at radius 2 is 1.69 bits per heavy atom. The normalized spacial score (nSPS) is 10.4. The third-order valence-corrected chi connectivity index (χ3v) is 4.80. The molecule has 3 aromatic rings. The molecule has 0 bridgehead atoms. The monoisotopic (exact) mass is 409 g/mol. The van der Waals surface area contributed by atoms with Crippen molar-refractivity contribution >= 4 is 34.8 Å². The van der Waals surface area contributed by atoms with Crippen molar-refractivity contribution in [2.75, 3.05) is 10.6 Å². The molecule has 7 heteroatoms. The van der Waals surface area contributed by atoms with Crippen LogP contribution in [-0.4, -0.2) is 16.4 Å². The maximum absolute atomic E-state index is 12.4. The van der Waals surface area contributed by atoms with Crippen LogP contribution in [0.15, 0.2) is 65.6 Å². The molecule has 0 saturated carbocycles. The number of nitrogens with one attached hydrogen (secondary N) is 2. The predicted molar refractivity (Wildman–Crippen MR) is 115 cm³/mol. The molecular weight excluding hydrogens is 390 g/mol. The maximum Gasteiger partial charge on any atom is 0.255 e. The van der Waals surface area contributed by atoms with Crippen molar-refractivity contribution < 1.29 is 9.59 Å². The molecule has 0 atom stereocenters. The quantitative estimate of drug-likeness (QED) is 0.668. The molecule has 0 spiro atoms. The van der Waals surface area contributed by atoms with Crippen LogP contribution in [0, 0.1) is 13.8 Å². The summed E-state index contributed by atoms with van der Waals surface area (Å²) in [6, 6.07) is 14.9. The number of halogens is 1. The molecule has 0 aliphatic rings. The Balaban J connectivity index is 1.64. The van der Waals surface area contributed by atoms with Crippen molar-refractivity contribution in [3.05, 3.63) is 92.9 Å². The van der Waals surface area contributed by atoms with Crippen LogP contribution in [-0.2, 0) is 11.3 Å². The number of anilines is 2. The van der Waals surface area contributed by atoms with Crippen LogP contribution in [0.2, 0.25) is 5.02 Å². The van der Waals surface area contributed by atoms with E-state index in [1.165, 1.54) is 10.6 Å². The molecule has 29 heavy (non-hydrogen) atoms. The van der Waals surface area contributed by atoms with Crippen LogP contribution in [0.3, 0.4) is 0 Å². The number of pyridine rings is 1. The van der Waals surface area contributed by atoms with Crippen molar-refractivity contribution in [1.82, 2.24) is 4.57 Å². The first kappa shape index (κ1) is 20.4. The van der Waals surface area contributed by atoms with Gasteiger partial charge in [-0.3, -0.25) is 14.4 Å².